The molecule has 178 valence electrons. The van der Waals surface area contributed by atoms with Crippen LogP contribution >= 0.6 is 0 Å². The van der Waals surface area contributed by atoms with Gasteiger partial charge in [-0.25, -0.2) is 0 Å². The molecule has 4 rings (SSSR count). The van der Waals surface area contributed by atoms with Crippen molar-refractivity contribution < 1.29 is 19.2 Å². The number of anilines is 1. The number of imidazole rings is 1. The van der Waals surface area contributed by atoms with E-state index < -0.39 is 4.92 Å². The first-order chi connectivity index (χ1) is 16.4. The Kier molecular flexibility index (Phi) is 7.07. The van der Waals surface area contributed by atoms with E-state index in [4.69, 9.17) is 9.47 Å². The maximum Gasteiger partial charge on any atom is 0.414 e. The summed E-state index contributed by atoms with van der Waals surface area (Å²) in [5, 5.41) is 13.9. The van der Waals surface area contributed by atoms with Crippen molar-refractivity contribution in [1.29, 1.82) is 0 Å². The lowest BCUT2D eigenvalue weighted by molar-refractivity contribution is -0.389. The number of hydrogen-bond donors (Lipinski definition) is 1. The van der Waals surface area contributed by atoms with Crippen molar-refractivity contribution in [2.75, 3.05) is 25.0 Å². The van der Waals surface area contributed by atoms with Crippen LogP contribution in [0.2, 0.25) is 0 Å². The molecule has 0 fully saturated rings. The van der Waals surface area contributed by atoms with Gasteiger partial charge >= 0.3 is 11.8 Å². The Morgan fingerprint density at radius 3 is 2.74 bits per heavy atom. The number of carbonyl (C=O) groups is 1. The van der Waals surface area contributed by atoms with Crippen LogP contribution in [0.1, 0.15) is 29.8 Å². The molecule has 1 aromatic heterocycles. The van der Waals surface area contributed by atoms with Gasteiger partial charge in [-0.1, -0.05) is 18.2 Å². The largest absolute Gasteiger partial charge is 0.491 e. The molecule has 34 heavy (non-hydrogen) atoms. The van der Waals surface area contributed by atoms with Gasteiger partial charge in [0, 0.05) is 48.5 Å². The summed E-state index contributed by atoms with van der Waals surface area (Å²) in [4.78, 5) is 29.2. The average Bonchev–Trinajstić information content (AvgIpc) is 3.18. The fourth-order valence-corrected chi connectivity index (χ4v) is 3.68. The number of carbonyl (C=O) groups excluding carboxylic acids is 1. The topological polar surface area (TPSA) is 112 Å². The second-order valence-electron chi connectivity index (χ2n) is 8.30. The third kappa shape index (κ3) is 5.90. The van der Waals surface area contributed by atoms with Crippen LogP contribution in [0.5, 0.6) is 11.8 Å². The molecular formula is C24H27N5O5. The Morgan fingerprint density at radius 2 is 2.00 bits per heavy atom. The van der Waals surface area contributed by atoms with Gasteiger partial charge in [-0.3, -0.25) is 14.3 Å². The highest BCUT2D eigenvalue weighted by Crippen LogP contribution is 2.21. The third-order valence-corrected chi connectivity index (χ3v) is 5.30. The van der Waals surface area contributed by atoms with Crippen LogP contribution in [0.25, 0.3) is 0 Å². The molecule has 0 saturated carbocycles. The number of hydrogen-bond acceptors (Lipinski definition) is 7. The Morgan fingerprint density at radius 1 is 1.21 bits per heavy atom. The van der Waals surface area contributed by atoms with Crippen LogP contribution in [0.4, 0.5) is 11.5 Å². The summed E-state index contributed by atoms with van der Waals surface area (Å²) < 4.78 is 13.0. The maximum atomic E-state index is 12.7. The van der Waals surface area contributed by atoms with E-state index in [2.05, 4.69) is 15.2 Å². The van der Waals surface area contributed by atoms with Crippen LogP contribution in [0.3, 0.4) is 0 Å². The number of nitrogens with one attached hydrogen (secondary N) is 1. The molecule has 2 aromatic carbocycles. The highest BCUT2D eigenvalue weighted by molar-refractivity contribution is 6.04. The van der Waals surface area contributed by atoms with E-state index in [1.165, 1.54) is 6.20 Å². The minimum atomic E-state index is -0.521. The summed E-state index contributed by atoms with van der Waals surface area (Å²) in [7, 11) is 0. The molecule has 1 aliphatic rings. The normalized spacial score (nSPS) is 14.0. The fourth-order valence-electron chi connectivity index (χ4n) is 3.68. The van der Waals surface area contributed by atoms with E-state index in [1.807, 2.05) is 44.2 Å². The fraction of sp³-hybridized carbons (Fsp3) is 0.333. The molecule has 1 aliphatic heterocycles. The molecular weight excluding hydrogens is 438 g/mol. The first-order valence-corrected chi connectivity index (χ1v) is 11.1. The molecule has 3 aromatic rings. The molecule has 0 aliphatic carbocycles. The van der Waals surface area contributed by atoms with Crippen molar-refractivity contribution in [3.8, 4) is 11.8 Å². The van der Waals surface area contributed by atoms with Crippen LogP contribution in [0, 0.1) is 10.1 Å². The molecule has 0 bridgehead atoms. The third-order valence-electron chi connectivity index (χ3n) is 5.30. The molecule has 0 saturated heterocycles. The van der Waals surface area contributed by atoms with Gasteiger partial charge in [0.05, 0.1) is 6.10 Å². The molecule has 1 amide bonds. The summed E-state index contributed by atoms with van der Waals surface area (Å²) in [5.74, 6) is 0.302. The molecule has 10 nitrogen and oxygen atoms in total. The number of ether oxygens (including phenoxy) is 2. The zero-order valence-electron chi connectivity index (χ0n) is 19.1. The second-order valence-corrected chi connectivity index (χ2v) is 8.30. The van der Waals surface area contributed by atoms with E-state index in [1.54, 1.807) is 22.8 Å². The minimum Gasteiger partial charge on any atom is -0.491 e. The van der Waals surface area contributed by atoms with Crippen molar-refractivity contribution in [1.82, 2.24) is 14.5 Å². The zero-order valence-corrected chi connectivity index (χ0v) is 19.1. The van der Waals surface area contributed by atoms with Crippen LogP contribution < -0.4 is 14.8 Å². The lowest BCUT2D eigenvalue weighted by Gasteiger charge is -2.24. The number of rotatable bonds is 7. The predicted octanol–water partition coefficient (Wildman–Crippen LogP) is 3.73. The van der Waals surface area contributed by atoms with Crippen LogP contribution in [-0.4, -0.2) is 51.1 Å². The van der Waals surface area contributed by atoms with Crippen molar-refractivity contribution in [3.63, 3.8) is 0 Å². The molecule has 0 unspecified atom stereocenters. The molecule has 0 spiro atoms. The van der Waals surface area contributed by atoms with Gasteiger partial charge in [-0.15, -0.1) is 0 Å². The van der Waals surface area contributed by atoms with Gasteiger partial charge in [-0.05, 0) is 48.6 Å². The van der Waals surface area contributed by atoms with E-state index in [0.29, 0.717) is 49.8 Å². The maximum absolute atomic E-state index is 12.7. The molecule has 1 N–H and O–H groups in total. The van der Waals surface area contributed by atoms with Gasteiger partial charge in [-0.2, -0.15) is 0 Å². The molecule has 2 heterocycles. The Hall–Kier alpha value is -3.92. The van der Waals surface area contributed by atoms with Gasteiger partial charge in [0.1, 0.15) is 18.6 Å². The SMILES string of the molecule is CC(C)Oc1cccc(NC(=O)c2ccc(CN3CCOc4nc([N+](=O)[O-])cn4CC3)cc2)c1. The zero-order chi connectivity index (χ0) is 24.1. The van der Waals surface area contributed by atoms with Gasteiger partial charge in [0.2, 0.25) is 0 Å². The van der Waals surface area contributed by atoms with Gasteiger partial charge in [0.25, 0.3) is 5.91 Å². The van der Waals surface area contributed by atoms with Crippen molar-refractivity contribution in [3.05, 3.63) is 76.0 Å². The summed E-state index contributed by atoms with van der Waals surface area (Å²) in [6.45, 7) is 6.86. The highest BCUT2D eigenvalue weighted by Gasteiger charge is 2.23. The van der Waals surface area contributed by atoms with Crippen LogP contribution in [-0.2, 0) is 13.1 Å². The predicted molar refractivity (Wildman–Crippen MR) is 126 cm³/mol. The Labute approximate surface area is 197 Å². The van der Waals surface area contributed by atoms with Crippen LogP contribution in [0.15, 0.2) is 54.7 Å². The van der Waals surface area contributed by atoms with Crippen molar-refractivity contribution in [2.24, 2.45) is 0 Å². The molecule has 0 atom stereocenters. The number of amides is 1. The summed E-state index contributed by atoms with van der Waals surface area (Å²) in [6, 6.07) is 15.1. The van der Waals surface area contributed by atoms with E-state index >= 15 is 0 Å². The van der Waals surface area contributed by atoms with Crippen molar-refractivity contribution in [2.45, 2.75) is 33.0 Å². The summed E-state index contributed by atoms with van der Waals surface area (Å²) >= 11 is 0. The van der Waals surface area contributed by atoms with E-state index in [0.717, 1.165) is 5.56 Å². The average molecular weight is 466 g/mol. The van der Waals surface area contributed by atoms with Gasteiger partial charge < -0.3 is 24.9 Å². The minimum absolute atomic E-state index is 0.0548. The smallest absolute Gasteiger partial charge is 0.414 e. The Bertz CT molecular complexity index is 1160. The summed E-state index contributed by atoms with van der Waals surface area (Å²) in [5.41, 5.74) is 2.29. The second kappa shape index (κ2) is 10.3. The number of nitro groups is 1. The molecule has 10 heteroatoms. The number of fused-ring (bicyclic) bond motifs is 1. The number of nitrogens with zero attached hydrogens (tertiary/aromatic N) is 4. The molecule has 0 radical (unpaired) electrons. The highest BCUT2D eigenvalue weighted by atomic mass is 16.6. The standard InChI is InChI=1S/C24H27N5O5/c1-17(2)34-21-5-3-4-20(14-21)25-23(30)19-8-6-18(7-9-19)15-27-10-11-28-16-22(29(31)32)26-24(28)33-13-12-27/h3-9,14,16-17H,10-13,15H2,1-2H3,(H,25,30). The van der Waals surface area contributed by atoms with E-state index in [9.17, 15) is 14.9 Å². The number of benzene rings is 2. The summed E-state index contributed by atoms with van der Waals surface area (Å²) in [6.07, 6.45) is 1.45. The van der Waals surface area contributed by atoms with Gasteiger partial charge in [0.15, 0.2) is 0 Å². The quantitative estimate of drug-likeness (QED) is 0.418. The van der Waals surface area contributed by atoms with E-state index in [-0.39, 0.29) is 23.8 Å². The first kappa shape index (κ1) is 23.2. The Balaban J connectivity index is 1.34. The lowest BCUT2D eigenvalue weighted by Crippen LogP contribution is -2.33. The number of aromatic nitrogens is 2. The van der Waals surface area contributed by atoms with Crippen molar-refractivity contribution >= 4 is 17.4 Å². The monoisotopic (exact) mass is 465 g/mol. The lowest BCUT2D eigenvalue weighted by atomic mass is 10.1. The first-order valence-electron chi connectivity index (χ1n) is 11.1.